The Bertz CT molecular complexity index is 302. The van der Waals surface area contributed by atoms with Gasteiger partial charge in [-0.3, -0.25) is 4.98 Å². The van der Waals surface area contributed by atoms with Crippen LogP contribution in [0.15, 0.2) is 11.7 Å². The van der Waals surface area contributed by atoms with E-state index in [2.05, 4.69) is 47.8 Å². The molecule has 0 radical (unpaired) electrons. The summed E-state index contributed by atoms with van der Waals surface area (Å²) in [6.45, 7) is 2.36. The highest BCUT2D eigenvalue weighted by Crippen LogP contribution is 2.34. The summed E-state index contributed by atoms with van der Waals surface area (Å²) in [5.41, 5.74) is 1.92. The van der Waals surface area contributed by atoms with Crippen molar-refractivity contribution in [2.45, 2.75) is 29.9 Å². The lowest BCUT2D eigenvalue weighted by molar-refractivity contribution is 0.533. The molecule has 0 aliphatic carbocycles. The SMILES string of the molecule is CNC(Cc1cncs1)C1SCCSC1C. The lowest BCUT2D eigenvalue weighted by Gasteiger charge is -2.34. The lowest BCUT2D eigenvalue weighted by atomic mass is 10.1. The summed E-state index contributed by atoms with van der Waals surface area (Å²) in [7, 11) is 2.08. The Morgan fingerprint density at radius 3 is 2.94 bits per heavy atom. The molecule has 0 spiro atoms. The predicted molar refractivity (Wildman–Crippen MR) is 76.8 cm³/mol. The van der Waals surface area contributed by atoms with Gasteiger partial charge in [-0.2, -0.15) is 23.5 Å². The zero-order valence-corrected chi connectivity index (χ0v) is 12.1. The molecule has 5 heteroatoms. The Labute approximate surface area is 110 Å². The molecule has 1 fully saturated rings. The maximum atomic E-state index is 4.15. The van der Waals surface area contributed by atoms with Crippen LogP contribution in [0.4, 0.5) is 0 Å². The van der Waals surface area contributed by atoms with Crippen LogP contribution in [-0.2, 0) is 6.42 Å². The van der Waals surface area contributed by atoms with Crippen LogP contribution >= 0.6 is 34.9 Å². The number of thioether (sulfide) groups is 2. The molecular weight excluding hydrogens is 256 g/mol. The fourth-order valence-corrected chi connectivity index (χ4v) is 5.69. The van der Waals surface area contributed by atoms with Crippen LogP contribution in [0.1, 0.15) is 11.8 Å². The van der Waals surface area contributed by atoms with Crippen molar-refractivity contribution < 1.29 is 0 Å². The van der Waals surface area contributed by atoms with E-state index in [1.165, 1.54) is 16.4 Å². The second-order valence-electron chi connectivity index (χ2n) is 3.98. The van der Waals surface area contributed by atoms with Crippen molar-refractivity contribution in [3.63, 3.8) is 0 Å². The fraction of sp³-hybridized carbons (Fsp3) is 0.727. The van der Waals surface area contributed by atoms with Crippen LogP contribution in [0, 0.1) is 0 Å². The van der Waals surface area contributed by atoms with Gasteiger partial charge in [0.05, 0.1) is 5.51 Å². The first-order valence-electron chi connectivity index (χ1n) is 5.59. The molecule has 90 valence electrons. The molecule has 0 saturated carbocycles. The largest absolute Gasteiger partial charge is 0.315 e. The smallest absolute Gasteiger partial charge is 0.0794 e. The quantitative estimate of drug-likeness (QED) is 0.912. The van der Waals surface area contributed by atoms with Gasteiger partial charge in [0.15, 0.2) is 0 Å². The minimum absolute atomic E-state index is 0.577. The highest BCUT2D eigenvalue weighted by Gasteiger charge is 2.29. The van der Waals surface area contributed by atoms with Crippen LogP contribution in [0.2, 0.25) is 0 Å². The predicted octanol–water partition coefficient (Wildman–Crippen LogP) is 2.51. The third kappa shape index (κ3) is 3.15. The van der Waals surface area contributed by atoms with Crippen LogP contribution in [-0.4, -0.2) is 40.1 Å². The van der Waals surface area contributed by atoms with Gasteiger partial charge in [-0.1, -0.05) is 6.92 Å². The average molecular weight is 274 g/mol. The molecule has 3 unspecified atom stereocenters. The summed E-state index contributed by atoms with van der Waals surface area (Å²) in [5.74, 6) is 2.60. The lowest BCUT2D eigenvalue weighted by Crippen LogP contribution is -2.44. The first-order valence-corrected chi connectivity index (χ1v) is 8.57. The highest BCUT2D eigenvalue weighted by molar-refractivity contribution is 8.07. The first-order chi connectivity index (χ1) is 7.81. The van der Waals surface area contributed by atoms with Crippen molar-refractivity contribution in [2.75, 3.05) is 18.6 Å². The number of nitrogens with one attached hydrogen (secondary N) is 1. The molecule has 0 aromatic carbocycles. The van der Waals surface area contributed by atoms with Crippen molar-refractivity contribution in [2.24, 2.45) is 0 Å². The van der Waals surface area contributed by atoms with E-state index in [0.717, 1.165) is 16.9 Å². The Balaban J connectivity index is 1.98. The Morgan fingerprint density at radius 1 is 1.50 bits per heavy atom. The minimum atomic E-state index is 0.577. The second-order valence-corrected chi connectivity index (χ2v) is 7.72. The van der Waals surface area contributed by atoms with Gasteiger partial charge in [-0.15, -0.1) is 11.3 Å². The zero-order valence-electron chi connectivity index (χ0n) is 9.68. The maximum Gasteiger partial charge on any atom is 0.0794 e. The van der Waals surface area contributed by atoms with Crippen molar-refractivity contribution >= 4 is 34.9 Å². The van der Waals surface area contributed by atoms with Crippen molar-refractivity contribution in [1.29, 1.82) is 0 Å². The molecule has 1 aromatic rings. The molecule has 2 heterocycles. The van der Waals surface area contributed by atoms with Gasteiger partial charge in [-0.25, -0.2) is 0 Å². The van der Waals surface area contributed by atoms with E-state index in [0.29, 0.717) is 6.04 Å². The molecule has 1 saturated heterocycles. The second kappa shape index (κ2) is 6.28. The molecular formula is C11H18N2S3. The van der Waals surface area contributed by atoms with E-state index < -0.39 is 0 Å². The summed E-state index contributed by atoms with van der Waals surface area (Å²) in [5, 5.41) is 4.97. The van der Waals surface area contributed by atoms with Crippen LogP contribution in [0.25, 0.3) is 0 Å². The number of rotatable bonds is 4. The molecule has 1 aliphatic heterocycles. The van der Waals surface area contributed by atoms with Crippen LogP contribution in [0.3, 0.4) is 0 Å². The Kier molecular flexibility index (Phi) is 5.00. The Morgan fingerprint density at radius 2 is 2.31 bits per heavy atom. The van der Waals surface area contributed by atoms with E-state index >= 15 is 0 Å². The summed E-state index contributed by atoms with van der Waals surface area (Å²) < 4.78 is 0. The molecule has 0 bridgehead atoms. The Hall–Kier alpha value is 0.290. The molecule has 3 atom stereocenters. The van der Waals surface area contributed by atoms with E-state index in [1.807, 2.05) is 11.7 Å². The average Bonchev–Trinajstić information content (AvgIpc) is 2.80. The normalized spacial score (nSPS) is 27.9. The minimum Gasteiger partial charge on any atom is -0.315 e. The van der Waals surface area contributed by atoms with Gasteiger partial charge in [0, 0.05) is 39.1 Å². The van der Waals surface area contributed by atoms with E-state index in [4.69, 9.17) is 0 Å². The molecule has 1 aliphatic rings. The summed E-state index contributed by atoms with van der Waals surface area (Å²) in [6.07, 6.45) is 3.12. The van der Waals surface area contributed by atoms with Gasteiger partial charge in [0.25, 0.3) is 0 Å². The monoisotopic (exact) mass is 274 g/mol. The van der Waals surface area contributed by atoms with Crippen molar-refractivity contribution in [3.05, 3.63) is 16.6 Å². The topological polar surface area (TPSA) is 24.9 Å². The highest BCUT2D eigenvalue weighted by atomic mass is 32.2. The number of thiazole rings is 1. The number of hydrogen-bond donors (Lipinski definition) is 1. The molecule has 1 N–H and O–H groups in total. The zero-order chi connectivity index (χ0) is 11.4. The molecule has 2 nitrogen and oxygen atoms in total. The fourth-order valence-electron chi connectivity index (χ4n) is 2.03. The van der Waals surface area contributed by atoms with Crippen LogP contribution < -0.4 is 5.32 Å². The molecule has 1 aromatic heterocycles. The van der Waals surface area contributed by atoms with Crippen molar-refractivity contribution in [3.8, 4) is 0 Å². The van der Waals surface area contributed by atoms with Crippen LogP contribution in [0.5, 0.6) is 0 Å². The third-order valence-corrected chi connectivity index (χ3v) is 6.96. The van der Waals surface area contributed by atoms with E-state index in [-0.39, 0.29) is 0 Å². The van der Waals surface area contributed by atoms with Gasteiger partial charge in [-0.05, 0) is 13.5 Å². The number of likely N-dealkylation sites (N-methyl/N-ethyl adjacent to an activating group) is 1. The van der Waals surface area contributed by atoms with Crippen molar-refractivity contribution in [1.82, 2.24) is 10.3 Å². The molecule has 2 rings (SSSR count). The summed E-state index contributed by atoms with van der Waals surface area (Å²) in [6, 6.07) is 0.577. The first kappa shape index (κ1) is 12.7. The van der Waals surface area contributed by atoms with Gasteiger partial charge >= 0.3 is 0 Å². The number of nitrogens with zero attached hydrogens (tertiary/aromatic N) is 1. The van der Waals surface area contributed by atoms with Gasteiger partial charge < -0.3 is 5.32 Å². The van der Waals surface area contributed by atoms with E-state index in [1.54, 1.807) is 11.3 Å². The molecule has 16 heavy (non-hydrogen) atoms. The standard InChI is InChI=1S/C11H18N2S3/c1-8-11(15-4-3-14-8)10(12-2)5-9-6-13-7-16-9/h6-8,10-12H,3-5H2,1-2H3. The maximum absolute atomic E-state index is 4.15. The van der Waals surface area contributed by atoms with Gasteiger partial charge in [0.2, 0.25) is 0 Å². The summed E-state index contributed by atoms with van der Waals surface area (Å²) in [4.78, 5) is 5.54. The summed E-state index contributed by atoms with van der Waals surface area (Å²) >= 11 is 6.00. The third-order valence-electron chi connectivity index (χ3n) is 2.91. The molecule has 0 amide bonds. The van der Waals surface area contributed by atoms with E-state index in [9.17, 15) is 0 Å². The number of aromatic nitrogens is 1. The van der Waals surface area contributed by atoms with Gasteiger partial charge in [0.1, 0.15) is 0 Å². The number of hydrogen-bond acceptors (Lipinski definition) is 5.